The smallest absolute Gasteiger partial charge is 0.243 e. The van der Waals surface area contributed by atoms with Crippen LogP contribution in [-0.2, 0) is 14.8 Å². The topological polar surface area (TPSA) is 75.7 Å². The molecule has 0 bridgehead atoms. The lowest BCUT2D eigenvalue weighted by Gasteiger charge is -2.19. The summed E-state index contributed by atoms with van der Waals surface area (Å²) < 4.78 is 31.8. The summed E-state index contributed by atoms with van der Waals surface area (Å²) in [5.74, 6) is 0.331. The van der Waals surface area contributed by atoms with Gasteiger partial charge in [-0.15, -0.1) is 11.8 Å². The summed E-state index contributed by atoms with van der Waals surface area (Å²) in [6, 6.07) is 15.6. The highest BCUT2D eigenvalue weighted by Gasteiger charge is 2.23. The Morgan fingerprint density at radius 2 is 1.78 bits per heavy atom. The first-order valence-corrected chi connectivity index (χ1v) is 11.1. The van der Waals surface area contributed by atoms with Gasteiger partial charge >= 0.3 is 0 Å². The number of carbonyl (C=O) groups is 1. The molecule has 0 fully saturated rings. The Hall–Kier alpha value is -2.03. The van der Waals surface area contributed by atoms with E-state index < -0.39 is 10.0 Å². The quantitative estimate of drug-likeness (QED) is 0.646. The molecule has 146 valence electrons. The van der Waals surface area contributed by atoms with Crippen LogP contribution >= 0.6 is 11.8 Å². The van der Waals surface area contributed by atoms with Gasteiger partial charge in [0.1, 0.15) is 12.4 Å². The Morgan fingerprint density at radius 1 is 1.15 bits per heavy atom. The van der Waals surface area contributed by atoms with Gasteiger partial charge in [-0.05, 0) is 49.6 Å². The third kappa shape index (κ3) is 6.27. The number of hydrogen-bond acceptors (Lipinski definition) is 5. The van der Waals surface area contributed by atoms with Gasteiger partial charge in [-0.3, -0.25) is 4.79 Å². The number of amides is 1. The summed E-state index contributed by atoms with van der Waals surface area (Å²) in [6.07, 6.45) is 1.92. The van der Waals surface area contributed by atoms with Gasteiger partial charge in [0.2, 0.25) is 15.9 Å². The minimum absolute atomic E-state index is 0.163. The minimum atomic E-state index is -3.72. The predicted molar refractivity (Wildman–Crippen MR) is 108 cm³/mol. The molecule has 1 atom stereocenters. The van der Waals surface area contributed by atoms with E-state index in [0.717, 1.165) is 9.20 Å². The number of benzene rings is 2. The lowest BCUT2D eigenvalue weighted by Crippen LogP contribution is -2.43. The van der Waals surface area contributed by atoms with Crippen LogP contribution in [-0.4, -0.2) is 51.1 Å². The van der Waals surface area contributed by atoms with Crippen molar-refractivity contribution in [1.29, 1.82) is 0 Å². The van der Waals surface area contributed by atoms with Crippen LogP contribution in [0.4, 0.5) is 0 Å². The molecule has 0 aliphatic carbocycles. The lowest BCUT2D eigenvalue weighted by molar-refractivity contribution is -0.121. The second kappa shape index (κ2) is 9.77. The molecule has 6 nitrogen and oxygen atoms in total. The first kappa shape index (κ1) is 21.3. The number of thioether (sulfide) groups is 1. The maximum Gasteiger partial charge on any atom is 0.243 e. The third-order valence-electron chi connectivity index (χ3n) is 3.78. The first-order valence-electron chi connectivity index (χ1n) is 8.40. The number of carbonyl (C=O) groups excluding carboxylic acids is 1. The van der Waals surface area contributed by atoms with E-state index in [9.17, 15) is 13.2 Å². The maximum absolute atomic E-state index is 12.6. The van der Waals surface area contributed by atoms with Crippen LogP contribution in [0.15, 0.2) is 64.4 Å². The average Bonchev–Trinajstić information content (AvgIpc) is 2.67. The lowest BCUT2D eigenvalue weighted by atomic mass is 10.3. The van der Waals surface area contributed by atoms with Crippen molar-refractivity contribution in [3.63, 3.8) is 0 Å². The molecule has 0 aromatic heterocycles. The molecular weight excluding hydrogens is 384 g/mol. The largest absolute Gasteiger partial charge is 0.491 e. The zero-order valence-electron chi connectivity index (χ0n) is 15.6. The zero-order valence-corrected chi connectivity index (χ0v) is 17.2. The van der Waals surface area contributed by atoms with Crippen LogP contribution in [0.5, 0.6) is 5.75 Å². The zero-order chi connectivity index (χ0) is 19.9. The molecule has 2 rings (SSSR count). The number of hydrogen-bond donors (Lipinski definition) is 1. The van der Waals surface area contributed by atoms with Crippen molar-refractivity contribution < 1.29 is 17.9 Å². The number of rotatable bonds is 9. The molecule has 0 spiro atoms. The number of likely N-dealkylation sites (N-methyl/N-ethyl adjacent to an activating group) is 1. The minimum Gasteiger partial charge on any atom is -0.491 e. The molecular formula is C19H24N2O4S2. The van der Waals surface area contributed by atoms with Crippen molar-refractivity contribution in [2.75, 3.05) is 26.5 Å². The molecule has 1 N–H and O–H groups in total. The number of ether oxygens (including phenoxy) is 1. The van der Waals surface area contributed by atoms with E-state index in [1.165, 1.54) is 18.8 Å². The van der Waals surface area contributed by atoms with Gasteiger partial charge in [0.15, 0.2) is 0 Å². The fraction of sp³-hybridized carbons (Fsp3) is 0.316. The molecule has 8 heteroatoms. The van der Waals surface area contributed by atoms with Gasteiger partial charge in [0, 0.05) is 11.9 Å². The Bertz CT molecular complexity index is 840. The van der Waals surface area contributed by atoms with Gasteiger partial charge in [0.05, 0.1) is 17.5 Å². The van der Waals surface area contributed by atoms with Gasteiger partial charge in [-0.2, -0.15) is 4.31 Å². The maximum atomic E-state index is 12.6. The fourth-order valence-corrected chi connectivity index (χ4v) is 3.85. The highest BCUT2D eigenvalue weighted by Crippen LogP contribution is 2.19. The van der Waals surface area contributed by atoms with Crippen LogP contribution in [0, 0.1) is 0 Å². The van der Waals surface area contributed by atoms with E-state index in [0.29, 0.717) is 12.4 Å². The molecule has 0 aliphatic rings. The van der Waals surface area contributed by atoms with Crippen molar-refractivity contribution in [3.8, 4) is 5.75 Å². The third-order valence-corrected chi connectivity index (χ3v) is 6.35. The molecule has 27 heavy (non-hydrogen) atoms. The Balaban J connectivity index is 1.87. The van der Waals surface area contributed by atoms with Crippen LogP contribution in [0.25, 0.3) is 0 Å². The van der Waals surface area contributed by atoms with E-state index in [-0.39, 0.29) is 23.4 Å². The molecule has 2 aromatic carbocycles. The highest BCUT2D eigenvalue weighted by molar-refractivity contribution is 7.98. The summed E-state index contributed by atoms with van der Waals surface area (Å²) >= 11 is 1.53. The van der Waals surface area contributed by atoms with Gasteiger partial charge in [0.25, 0.3) is 0 Å². The molecule has 2 aromatic rings. The predicted octanol–water partition coefficient (Wildman–Crippen LogP) is 2.61. The summed E-state index contributed by atoms with van der Waals surface area (Å²) in [5.41, 5.74) is 0. The van der Waals surface area contributed by atoms with Crippen LogP contribution in [0.2, 0.25) is 0 Å². The molecule has 0 saturated heterocycles. The molecule has 0 radical (unpaired) electrons. The van der Waals surface area contributed by atoms with E-state index in [4.69, 9.17) is 4.74 Å². The van der Waals surface area contributed by atoms with Gasteiger partial charge < -0.3 is 10.1 Å². The average molecular weight is 409 g/mol. The van der Waals surface area contributed by atoms with E-state index in [2.05, 4.69) is 5.32 Å². The van der Waals surface area contributed by atoms with Crippen molar-refractivity contribution in [2.45, 2.75) is 22.8 Å². The van der Waals surface area contributed by atoms with Crippen molar-refractivity contribution in [2.24, 2.45) is 0 Å². The molecule has 0 saturated carbocycles. The van der Waals surface area contributed by atoms with Crippen LogP contribution in [0.1, 0.15) is 6.92 Å². The number of nitrogens with one attached hydrogen (secondary N) is 1. The monoisotopic (exact) mass is 408 g/mol. The first-order chi connectivity index (χ1) is 12.8. The standard InChI is InChI=1S/C19H24N2O4S2/c1-15(14-25-16-7-5-4-6-8-16)20-19(22)13-21(2)27(23,24)18-11-9-17(26-3)10-12-18/h4-12,15H,13-14H2,1-3H3,(H,20,22)/t15-/m0/s1. The summed E-state index contributed by atoms with van der Waals surface area (Å²) in [4.78, 5) is 13.3. The van der Waals surface area contributed by atoms with E-state index in [1.807, 2.05) is 36.6 Å². The van der Waals surface area contributed by atoms with Gasteiger partial charge in [-0.25, -0.2) is 8.42 Å². The Kier molecular flexibility index (Phi) is 7.70. The normalized spacial score (nSPS) is 12.6. The van der Waals surface area contributed by atoms with Crippen LogP contribution in [0.3, 0.4) is 0 Å². The molecule has 1 amide bonds. The molecule has 0 aliphatic heterocycles. The number of para-hydroxylation sites is 1. The Morgan fingerprint density at radius 3 is 2.37 bits per heavy atom. The van der Waals surface area contributed by atoms with Crippen LogP contribution < -0.4 is 10.1 Å². The fourth-order valence-electron chi connectivity index (χ4n) is 2.31. The van der Waals surface area contributed by atoms with Crippen molar-refractivity contribution >= 4 is 27.7 Å². The van der Waals surface area contributed by atoms with Crippen molar-refractivity contribution in [1.82, 2.24) is 9.62 Å². The van der Waals surface area contributed by atoms with E-state index in [1.54, 1.807) is 31.2 Å². The van der Waals surface area contributed by atoms with E-state index >= 15 is 0 Å². The van der Waals surface area contributed by atoms with Crippen molar-refractivity contribution in [3.05, 3.63) is 54.6 Å². The number of nitrogens with zero attached hydrogens (tertiary/aromatic N) is 1. The number of sulfonamides is 1. The molecule has 0 heterocycles. The summed E-state index contributed by atoms with van der Waals surface area (Å²) in [7, 11) is -2.33. The summed E-state index contributed by atoms with van der Waals surface area (Å²) in [5, 5.41) is 2.75. The Labute approximate surface area is 165 Å². The molecule has 0 unspecified atom stereocenters. The SMILES string of the molecule is CSc1ccc(S(=O)(=O)N(C)CC(=O)N[C@@H](C)COc2ccccc2)cc1. The summed E-state index contributed by atoms with van der Waals surface area (Å²) in [6.45, 7) is 1.83. The second-order valence-electron chi connectivity index (χ2n) is 6.03. The van der Waals surface area contributed by atoms with Gasteiger partial charge in [-0.1, -0.05) is 18.2 Å². The highest BCUT2D eigenvalue weighted by atomic mass is 32.2. The second-order valence-corrected chi connectivity index (χ2v) is 8.95.